The summed E-state index contributed by atoms with van der Waals surface area (Å²) < 4.78 is 16.3. The molecule has 1 aliphatic heterocycles. The van der Waals surface area contributed by atoms with Crippen molar-refractivity contribution >= 4 is 5.91 Å². The molecule has 0 saturated carbocycles. The van der Waals surface area contributed by atoms with Crippen LogP contribution in [-0.2, 0) is 6.42 Å². The molecule has 0 bridgehead atoms. The molecule has 5 heteroatoms. The molecule has 0 saturated heterocycles. The van der Waals surface area contributed by atoms with Crippen molar-refractivity contribution in [2.75, 3.05) is 26.9 Å². The van der Waals surface area contributed by atoms with E-state index in [0.717, 1.165) is 24.2 Å². The van der Waals surface area contributed by atoms with Crippen molar-refractivity contribution in [3.8, 4) is 17.2 Å². The highest BCUT2D eigenvalue weighted by atomic mass is 16.6. The number of methoxy groups -OCH3 is 1. The molecule has 0 fully saturated rings. The molecule has 0 aromatic heterocycles. The maximum atomic E-state index is 12.2. The lowest BCUT2D eigenvalue weighted by Gasteiger charge is -2.18. The lowest BCUT2D eigenvalue weighted by molar-refractivity contribution is 0.0952. The van der Waals surface area contributed by atoms with Crippen molar-refractivity contribution in [2.24, 2.45) is 0 Å². The molecule has 1 N–H and O–H groups in total. The minimum absolute atomic E-state index is 0.105. The highest BCUT2D eigenvalue weighted by Crippen LogP contribution is 2.30. The van der Waals surface area contributed by atoms with E-state index in [-0.39, 0.29) is 5.91 Å². The van der Waals surface area contributed by atoms with E-state index < -0.39 is 0 Å². The molecule has 1 heterocycles. The number of carbonyl (C=O) groups is 1. The number of amides is 1. The van der Waals surface area contributed by atoms with Gasteiger partial charge in [0.15, 0.2) is 11.5 Å². The van der Waals surface area contributed by atoms with Crippen molar-refractivity contribution in [2.45, 2.75) is 12.8 Å². The Morgan fingerprint density at radius 1 is 1.12 bits per heavy atom. The van der Waals surface area contributed by atoms with Crippen LogP contribution in [0.4, 0.5) is 0 Å². The first kappa shape index (κ1) is 16.2. The zero-order chi connectivity index (χ0) is 16.8. The van der Waals surface area contributed by atoms with Gasteiger partial charge in [-0.25, -0.2) is 0 Å². The van der Waals surface area contributed by atoms with Crippen LogP contribution in [0.3, 0.4) is 0 Å². The van der Waals surface area contributed by atoms with Crippen molar-refractivity contribution < 1.29 is 19.0 Å². The molecule has 1 amide bonds. The third kappa shape index (κ3) is 3.79. The molecular weight excluding hydrogens is 306 g/mol. The van der Waals surface area contributed by atoms with E-state index in [1.54, 1.807) is 25.3 Å². The van der Waals surface area contributed by atoms with Crippen LogP contribution in [0, 0.1) is 0 Å². The molecule has 0 aliphatic carbocycles. The Labute approximate surface area is 141 Å². The Balaban J connectivity index is 1.51. The second-order valence-corrected chi connectivity index (χ2v) is 5.53. The van der Waals surface area contributed by atoms with Crippen LogP contribution in [0.15, 0.2) is 42.5 Å². The third-order valence-corrected chi connectivity index (χ3v) is 3.91. The lowest BCUT2D eigenvalue weighted by atomic mass is 10.1. The summed E-state index contributed by atoms with van der Waals surface area (Å²) in [6, 6.07) is 13.2. The van der Waals surface area contributed by atoms with Crippen LogP contribution in [0.5, 0.6) is 17.2 Å². The topological polar surface area (TPSA) is 56.8 Å². The van der Waals surface area contributed by atoms with Gasteiger partial charge in [-0.05, 0) is 42.7 Å². The first-order valence-corrected chi connectivity index (χ1v) is 8.07. The van der Waals surface area contributed by atoms with Gasteiger partial charge < -0.3 is 19.5 Å². The standard InChI is InChI=1S/C19H21NO4/c1-22-16-7-3-2-5-14(16)6-4-10-20-19(21)15-8-9-17-18(13-15)24-12-11-23-17/h2-3,5,7-9,13H,4,6,10-12H2,1H3,(H,20,21). The number of hydrogen-bond donors (Lipinski definition) is 1. The Kier molecular flexibility index (Phi) is 5.21. The number of hydrogen-bond acceptors (Lipinski definition) is 4. The van der Waals surface area contributed by atoms with Gasteiger partial charge in [0, 0.05) is 12.1 Å². The number of ether oxygens (including phenoxy) is 3. The van der Waals surface area contributed by atoms with Crippen LogP contribution in [0.25, 0.3) is 0 Å². The maximum absolute atomic E-state index is 12.2. The van der Waals surface area contributed by atoms with Crippen LogP contribution >= 0.6 is 0 Å². The monoisotopic (exact) mass is 327 g/mol. The Bertz CT molecular complexity index is 714. The Hall–Kier alpha value is -2.69. The van der Waals surface area contributed by atoms with Gasteiger partial charge in [0.2, 0.25) is 0 Å². The summed E-state index contributed by atoms with van der Waals surface area (Å²) in [7, 11) is 1.67. The average molecular weight is 327 g/mol. The zero-order valence-electron chi connectivity index (χ0n) is 13.7. The minimum Gasteiger partial charge on any atom is -0.496 e. The Morgan fingerprint density at radius 3 is 2.75 bits per heavy atom. The van der Waals surface area contributed by atoms with E-state index in [4.69, 9.17) is 14.2 Å². The van der Waals surface area contributed by atoms with Crippen molar-refractivity contribution in [3.05, 3.63) is 53.6 Å². The molecule has 0 atom stereocenters. The summed E-state index contributed by atoms with van der Waals surface area (Å²) in [4.78, 5) is 12.2. The van der Waals surface area contributed by atoms with Crippen LogP contribution in [0.2, 0.25) is 0 Å². The SMILES string of the molecule is COc1ccccc1CCCNC(=O)c1ccc2c(c1)OCCO2. The molecule has 5 nitrogen and oxygen atoms in total. The summed E-state index contributed by atoms with van der Waals surface area (Å²) in [6.07, 6.45) is 1.70. The first-order chi connectivity index (χ1) is 11.8. The quantitative estimate of drug-likeness (QED) is 0.829. The van der Waals surface area contributed by atoms with Gasteiger partial charge >= 0.3 is 0 Å². The highest BCUT2D eigenvalue weighted by molar-refractivity contribution is 5.94. The lowest BCUT2D eigenvalue weighted by Crippen LogP contribution is -2.25. The summed E-state index contributed by atoms with van der Waals surface area (Å²) >= 11 is 0. The number of benzene rings is 2. The van der Waals surface area contributed by atoms with Crippen LogP contribution in [-0.4, -0.2) is 32.8 Å². The smallest absolute Gasteiger partial charge is 0.251 e. The molecule has 126 valence electrons. The molecule has 2 aromatic rings. The summed E-state index contributed by atoms with van der Waals surface area (Å²) in [5, 5.41) is 2.94. The summed E-state index contributed by atoms with van der Waals surface area (Å²) in [5.41, 5.74) is 1.73. The van der Waals surface area contributed by atoms with E-state index >= 15 is 0 Å². The van der Waals surface area contributed by atoms with E-state index in [1.165, 1.54) is 0 Å². The molecule has 1 aliphatic rings. The number of para-hydroxylation sites is 1. The summed E-state index contributed by atoms with van der Waals surface area (Å²) in [5.74, 6) is 2.10. The third-order valence-electron chi connectivity index (χ3n) is 3.91. The fraction of sp³-hybridized carbons (Fsp3) is 0.316. The number of fused-ring (bicyclic) bond motifs is 1. The number of rotatable bonds is 6. The predicted molar refractivity (Wildman–Crippen MR) is 91.1 cm³/mol. The van der Waals surface area contributed by atoms with Crippen molar-refractivity contribution in [1.29, 1.82) is 0 Å². The van der Waals surface area contributed by atoms with Gasteiger partial charge in [-0.1, -0.05) is 18.2 Å². The van der Waals surface area contributed by atoms with Crippen molar-refractivity contribution in [3.63, 3.8) is 0 Å². The fourth-order valence-electron chi connectivity index (χ4n) is 2.68. The van der Waals surface area contributed by atoms with Gasteiger partial charge in [-0.3, -0.25) is 4.79 Å². The van der Waals surface area contributed by atoms with Gasteiger partial charge in [0.05, 0.1) is 7.11 Å². The van der Waals surface area contributed by atoms with Gasteiger partial charge in [-0.15, -0.1) is 0 Å². The Morgan fingerprint density at radius 2 is 1.92 bits per heavy atom. The normalized spacial score (nSPS) is 12.5. The fourth-order valence-corrected chi connectivity index (χ4v) is 2.68. The second kappa shape index (κ2) is 7.73. The molecule has 24 heavy (non-hydrogen) atoms. The van der Waals surface area contributed by atoms with Gasteiger partial charge in [-0.2, -0.15) is 0 Å². The predicted octanol–water partition coefficient (Wildman–Crippen LogP) is 2.83. The molecule has 2 aromatic carbocycles. The highest BCUT2D eigenvalue weighted by Gasteiger charge is 2.14. The van der Waals surface area contributed by atoms with E-state index in [2.05, 4.69) is 5.32 Å². The summed E-state index contributed by atoms with van der Waals surface area (Å²) in [6.45, 7) is 1.66. The minimum atomic E-state index is -0.105. The number of aryl methyl sites for hydroxylation is 1. The van der Waals surface area contributed by atoms with Gasteiger partial charge in [0.1, 0.15) is 19.0 Å². The largest absolute Gasteiger partial charge is 0.496 e. The molecule has 0 radical (unpaired) electrons. The molecular formula is C19H21NO4. The second-order valence-electron chi connectivity index (χ2n) is 5.53. The average Bonchev–Trinajstić information content (AvgIpc) is 2.65. The van der Waals surface area contributed by atoms with E-state index in [9.17, 15) is 4.79 Å². The maximum Gasteiger partial charge on any atom is 0.251 e. The van der Waals surface area contributed by atoms with Crippen LogP contribution in [0.1, 0.15) is 22.3 Å². The van der Waals surface area contributed by atoms with E-state index in [1.807, 2.05) is 24.3 Å². The van der Waals surface area contributed by atoms with Gasteiger partial charge in [0.25, 0.3) is 5.91 Å². The van der Waals surface area contributed by atoms with Crippen LogP contribution < -0.4 is 19.5 Å². The molecule has 0 spiro atoms. The van der Waals surface area contributed by atoms with E-state index in [0.29, 0.717) is 36.8 Å². The number of carbonyl (C=O) groups excluding carboxylic acids is 1. The van der Waals surface area contributed by atoms with Crippen molar-refractivity contribution in [1.82, 2.24) is 5.32 Å². The molecule has 3 rings (SSSR count). The molecule has 0 unspecified atom stereocenters. The zero-order valence-corrected chi connectivity index (χ0v) is 13.7. The number of nitrogens with one attached hydrogen (secondary N) is 1. The first-order valence-electron chi connectivity index (χ1n) is 8.07.